The van der Waals surface area contributed by atoms with Crippen molar-refractivity contribution in [2.24, 2.45) is 0 Å². The lowest BCUT2D eigenvalue weighted by Gasteiger charge is -2.20. The second-order valence-corrected chi connectivity index (χ2v) is 4.88. The number of hydrogen-bond acceptors (Lipinski definition) is 3. The molecule has 5 heteroatoms. The molecule has 0 spiro atoms. The summed E-state index contributed by atoms with van der Waals surface area (Å²) in [5.41, 5.74) is 1.87. The molecule has 19 heavy (non-hydrogen) atoms. The first-order chi connectivity index (χ1) is 9.06. The molecule has 1 aliphatic rings. The highest BCUT2D eigenvalue weighted by Crippen LogP contribution is 2.17. The molecule has 0 radical (unpaired) electrons. The Kier molecular flexibility index (Phi) is 4.16. The number of benzene rings is 1. The fourth-order valence-electron chi connectivity index (χ4n) is 2.32. The number of likely N-dealkylation sites (tertiary alicyclic amines) is 1. The van der Waals surface area contributed by atoms with Gasteiger partial charge in [-0.25, -0.2) is 0 Å². The molecule has 102 valence electrons. The van der Waals surface area contributed by atoms with E-state index in [1.165, 1.54) is 0 Å². The topological polar surface area (TPSA) is 69.6 Å². The number of carboxylic acid groups (broad SMARTS) is 1. The summed E-state index contributed by atoms with van der Waals surface area (Å²) < 4.78 is 0. The van der Waals surface area contributed by atoms with Crippen LogP contribution in [0.4, 0.5) is 5.69 Å². The minimum Gasteiger partial charge on any atom is -0.480 e. The van der Waals surface area contributed by atoms with Crippen molar-refractivity contribution < 1.29 is 14.7 Å². The van der Waals surface area contributed by atoms with Crippen LogP contribution in [0.1, 0.15) is 18.4 Å². The Bertz CT molecular complexity index is 470. The maximum atomic E-state index is 11.9. The average Bonchev–Trinajstić information content (AvgIpc) is 2.80. The van der Waals surface area contributed by atoms with Crippen LogP contribution >= 0.6 is 0 Å². The number of amides is 1. The van der Waals surface area contributed by atoms with E-state index in [1.807, 2.05) is 31.2 Å². The second kappa shape index (κ2) is 5.84. The largest absolute Gasteiger partial charge is 0.480 e. The van der Waals surface area contributed by atoms with E-state index in [0.717, 1.165) is 17.7 Å². The third-order valence-corrected chi connectivity index (χ3v) is 3.33. The van der Waals surface area contributed by atoms with Crippen molar-refractivity contribution in [3.05, 3.63) is 29.8 Å². The molecule has 1 aromatic carbocycles. The van der Waals surface area contributed by atoms with Gasteiger partial charge in [0.15, 0.2) is 0 Å². The first-order valence-corrected chi connectivity index (χ1v) is 6.39. The van der Waals surface area contributed by atoms with Crippen molar-refractivity contribution in [2.75, 3.05) is 18.4 Å². The fourth-order valence-corrected chi connectivity index (χ4v) is 2.32. The minimum absolute atomic E-state index is 0.130. The third-order valence-electron chi connectivity index (χ3n) is 3.33. The number of aliphatic carboxylic acids is 1. The van der Waals surface area contributed by atoms with Crippen LogP contribution < -0.4 is 5.32 Å². The zero-order valence-electron chi connectivity index (χ0n) is 10.9. The zero-order valence-corrected chi connectivity index (χ0v) is 10.9. The van der Waals surface area contributed by atoms with Gasteiger partial charge in [0, 0.05) is 5.69 Å². The summed E-state index contributed by atoms with van der Waals surface area (Å²) in [6, 6.07) is 7.00. The van der Waals surface area contributed by atoms with Crippen molar-refractivity contribution in [2.45, 2.75) is 25.8 Å². The van der Waals surface area contributed by atoms with Gasteiger partial charge in [0.05, 0.1) is 6.54 Å². The predicted molar refractivity (Wildman–Crippen MR) is 72.0 cm³/mol. The molecule has 1 atom stereocenters. The molecule has 1 saturated heterocycles. The first-order valence-electron chi connectivity index (χ1n) is 6.39. The number of nitrogens with zero attached hydrogens (tertiary/aromatic N) is 1. The maximum absolute atomic E-state index is 11.9. The molecule has 0 unspecified atom stereocenters. The van der Waals surface area contributed by atoms with Crippen molar-refractivity contribution in [1.29, 1.82) is 0 Å². The monoisotopic (exact) mass is 262 g/mol. The normalized spacial score (nSPS) is 19.3. The number of carbonyl (C=O) groups is 2. The summed E-state index contributed by atoms with van der Waals surface area (Å²) >= 11 is 0. The van der Waals surface area contributed by atoms with Gasteiger partial charge in [0.25, 0.3) is 0 Å². The van der Waals surface area contributed by atoms with Gasteiger partial charge in [0.2, 0.25) is 5.91 Å². The molecule has 1 aliphatic heterocycles. The molecule has 2 rings (SSSR count). The van der Waals surface area contributed by atoms with E-state index < -0.39 is 12.0 Å². The number of rotatable bonds is 4. The number of carboxylic acids is 1. The maximum Gasteiger partial charge on any atom is 0.320 e. The van der Waals surface area contributed by atoms with Crippen molar-refractivity contribution in [3.8, 4) is 0 Å². The second-order valence-electron chi connectivity index (χ2n) is 4.88. The van der Waals surface area contributed by atoms with Gasteiger partial charge in [-0.15, -0.1) is 0 Å². The Morgan fingerprint density at radius 3 is 2.68 bits per heavy atom. The van der Waals surface area contributed by atoms with Crippen molar-refractivity contribution in [1.82, 2.24) is 4.90 Å². The van der Waals surface area contributed by atoms with Crippen LogP contribution in [0.2, 0.25) is 0 Å². The fraction of sp³-hybridized carbons (Fsp3) is 0.429. The van der Waals surface area contributed by atoms with Crippen LogP contribution in [0, 0.1) is 6.92 Å². The van der Waals surface area contributed by atoms with Gasteiger partial charge in [-0.2, -0.15) is 0 Å². The lowest BCUT2D eigenvalue weighted by Crippen LogP contribution is -2.40. The third kappa shape index (κ3) is 3.54. The van der Waals surface area contributed by atoms with Crippen LogP contribution in [-0.4, -0.2) is 41.0 Å². The van der Waals surface area contributed by atoms with E-state index >= 15 is 0 Å². The molecule has 0 saturated carbocycles. The summed E-state index contributed by atoms with van der Waals surface area (Å²) in [7, 11) is 0. The molecule has 1 amide bonds. The van der Waals surface area contributed by atoms with Gasteiger partial charge < -0.3 is 10.4 Å². The van der Waals surface area contributed by atoms with E-state index in [1.54, 1.807) is 4.90 Å². The van der Waals surface area contributed by atoms with Crippen LogP contribution in [0.3, 0.4) is 0 Å². The molecular formula is C14H18N2O3. The summed E-state index contributed by atoms with van der Waals surface area (Å²) in [6.07, 6.45) is 1.45. The number of hydrogen-bond donors (Lipinski definition) is 2. The van der Waals surface area contributed by atoms with E-state index in [4.69, 9.17) is 5.11 Å². The molecule has 1 heterocycles. The van der Waals surface area contributed by atoms with E-state index in [-0.39, 0.29) is 12.5 Å². The Balaban J connectivity index is 1.90. The number of anilines is 1. The molecule has 0 aromatic heterocycles. The predicted octanol–water partition coefficient (Wildman–Crippen LogP) is 1.48. The summed E-state index contributed by atoms with van der Waals surface area (Å²) in [4.78, 5) is 24.6. The Morgan fingerprint density at radius 2 is 2.05 bits per heavy atom. The van der Waals surface area contributed by atoms with Crippen LogP contribution in [0.5, 0.6) is 0 Å². The number of nitrogens with one attached hydrogen (secondary N) is 1. The standard InChI is InChI=1S/C14H18N2O3/c1-10-4-6-11(7-5-10)15-13(17)9-16-8-2-3-12(16)14(18)19/h4-7,12H,2-3,8-9H2,1H3,(H,15,17)(H,18,19)/t12-/m1/s1. The molecule has 5 nitrogen and oxygen atoms in total. The average molecular weight is 262 g/mol. The van der Waals surface area contributed by atoms with E-state index in [2.05, 4.69) is 5.32 Å². The molecule has 0 bridgehead atoms. The Morgan fingerprint density at radius 1 is 1.37 bits per heavy atom. The van der Waals surface area contributed by atoms with Crippen LogP contribution in [-0.2, 0) is 9.59 Å². The Labute approximate surface area is 112 Å². The van der Waals surface area contributed by atoms with Crippen LogP contribution in [0.25, 0.3) is 0 Å². The van der Waals surface area contributed by atoms with Gasteiger partial charge in [-0.05, 0) is 38.4 Å². The highest BCUT2D eigenvalue weighted by atomic mass is 16.4. The highest BCUT2D eigenvalue weighted by Gasteiger charge is 2.31. The van der Waals surface area contributed by atoms with Crippen molar-refractivity contribution >= 4 is 17.6 Å². The van der Waals surface area contributed by atoms with Gasteiger partial charge in [0.1, 0.15) is 6.04 Å². The molecular weight excluding hydrogens is 244 g/mol. The van der Waals surface area contributed by atoms with Gasteiger partial charge in [-0.3, -0.25) is 14.5 Å². The zero-order chi connectivity index (χ0) is 13.8. The highest BCUT2D eigenvalue weighted by molar-refractivity contribution is 5.92. The quantitative estimate of drug-likeness (QED) is 0.862. The molecule has 2 N–H and O–H groups in total. The number of carbonyl (C=O) groups excluding carboxylic acids is 1. The Hall–Kier alpha value is -1.88. The first kappa shape index (κ1) is 13.5. The van der Waals surface area contributed by atoms with Gasteiger partial charge in [-0.1, -0.05) is 17.7 Å². The van der Waals surface area contributed by atoms with E-state index in [9.17, 15) is 9.59 Å². The lowest BCUT2D eigenvalue weighted by molar-refractivity contribution is -0.142. The van der Waals surface area contributed by atoms with Crippen LogP contribution in [0.15, 0.2) is 24.3 Å². The van der Waals surface area contributed by atoms with E-state index in [0.29, 0.717) is 13.0 Å². The molecule has 1 aromatic rings. The lowest BCUT2D eigenvalue weighted by atomic mass is 10.2. The SMILES string of the molecule is Cc1ccc(NC(=O)CN2CCC[C@@H]2C(=O)O)cc1. The van der Waals surface area contributed by atoms with Crippen molar-refractivity contribution in [3.63, 3.8) is 0 Å². The summed E-state index contributed by atoms with van der Waals surface area (Å²) in [5, 5.41) is 11.8. The smallest absolute Gasteiger partial charge is 0.320 e. The molecule has 0 aliphatic carbocycles. The molecule has 1 fully saturated rings. The summed E-state index contributed by atoms with van der Waals surface area (Å²) in [6.45, 7) is 2.77. The number of aryl methyl sites for hydroxylation is 1. The summed E-state index contributed by atoms with van der Waals surface area (Å²) in [5.74, 6) is -1.02. The van der Waals surface area contributed by atoms with Gasteiger partial charge >= 0.3 is 5.97 Å². The minimum atomic E-state index is -0.847.